The predicted octanol–water partition coefficient (Wildman–Crippen LogP) is 2.99. The standard InChI is InChI=1S/C32H38N3O10P/c1-34-21-14-15-25(34)29(26(20-21)45-46(41,42-2)22-10-4-3-5-11-22)32(40)43-19-9-8-18-33-27(36)16-17-28(37)44-35-30(38)23-12-6-7-13-24(23)31(35)39/h3-7,10-13,21,25-26,29H,8-9,14-20H2,1-2H3,(H,33,36)/t21?,25?,26-,29+,46-/m0/s1. The van der Waals surface area contributed by atoms with Crippen LogP contribution in [0.2, 0.25) is 0 Å². The number of carbonyl (C=O) groups excluding carboxylic acids is 5. The van der Waals surface area contributed by atoms with Crippen molar-refractivity contribution in [2.24, 2.45) is 5.92 Å². The lowest BCUT2D eigenvalue weighted by Gasteiger charge is -2.42. The lowest BCUT2D eigenvalue weighted by Crippen LogP contribution is -2.53. The van der Waals surface area contributed by atoms with E-state index in [2.05, 4.69) is 10.2 Å². The molecule has 246 valence electrons. The van der Waals surface area contributed by atoms with Gasteiger partial charge in [-0.15, -0.1) is 0 Å². The highest BCUT2D eigenvalue weighted by atomic mass is 31.2. The van der Waals surface area contributed by atoms with Gasteiger partial charge in [0.15, 0.2) is 0 Å². The number of amides is 3. The van der Waals surface area contributed by atoms with Gasteiger partial charge in [0.25, 0.3) is 11.8 Å². The van der Waals surface area contributed by atoms with Gasteiger partial charge in [0, 0.05) is 32.2 Å². The Bertz CT molecular complexity index is 1480. The quantitative estimate of drug-likeness (QED) is 0.138. The molecule has 0 radical (unpaired) electrons. The average Bonchev–Trinajstić information content (AvgIpc) is 3.44. The van der Waals surface area contributed by atoms with Crippen LogP contribution in [-0.2, 0) is 37.6 Å². The summed E-state index contributed by atoms with van der Waals surface area (Å²) in [4.78, 5) is 69.5. The molecule has 3 heterocycles. The molecule has 14 heteroatoms. The zero-order valence-corrected chi connectivity index (χ0v) is 26.7. The van der Waals surface area contributed by atoms with Crippen molar-refractivity contribution in [3.8, 4) is 0 Å². The second-order valence-corrected chi connectivity index (χ2v) is 13.6. The number of imide groups is 1. The molecule has 5 atom stereocenters. The van der Waals surface area contributed by atoms with Gasteiger partial charge in [-0.05, 0) is 63.4 Å². The summed E-state index contributed by atoms with van der Waals surface area (Å²) in [7, 11) is -0.333. The summed E-state index contributed by atoms with van der Waals surface area (Å²) < 4.78 is 30.8. The van der Waals surface area contributed by atoms with E-state index in [1.807, 2.05) is 13.1 Å². The molecular weight excluding hydrogens is 617 g/mol. The molecule has 0 saturated carbocycles. The maximum absolute atomic E-state index is 13.7. The van der Waals surface area contributed by atoms with Gasteiger partial charge in [-0.25, -0.2) is 4.79 Å². The van der Waals surface area contributed by atoms with Gasteiger partial charge in [0.2, 0.25) is 5.91 Å². The molecule has 46 heavy (non-hydrogen) atoms. The van der Waals surface area contributed by atoms with Gasteiger partial charge >= 0.3 is 19.5 Å². The van der Waals surface area contributed by atoms with Crippen LogP contribution >= 0.6 is 7.60 Å². The van der Waals surface area contributed by atoms with E-state index in [0.29, 0.717) is 36.2 Å². The number of fused-ring (bicyclic) bond motifs is 3. The van der Waals surface area contributed by atoms with Crippen LogP contribution in [0.1, 0.15) is 65.7 Å². The average molecular weight is 656 g/mol. The summed E-state index contributed by atoms with van der Waals surface area (Å²) in [6.07, 6.45) is 2.11. The van der Waals surface area contributed by atoms with Crippen LogP contribution in [0.3, 0.4) is 0 Å². The lowest BCUT2D eigenvalue weighted by atomic mass is 9.88. The molecule has 2 unspecified atom stereocenters. The summed E-state index contributed by atoms with van der Waals surface area (Å²) >= 11 is 0. The van der Waals surface area contributed by atoms with Crippen molar-refractivity contribution in [3.05, 3.63) is 65.7 Å². The number of carbonyl (C=O) groups is 5. The van der Waals surface area contributed by atoms with E-state index < -0.39 is 49.3 Å². The summed E-state index contributed by atoms with van der Waals surface area (Å²) in [5.41, 5.74) is 0.296. The Morgan fingerprint density at radius 3 is 2.28 bits per heavy atom. The van der Waals surface area contributed by atoms with Crippen molar-refractivity contribution < 1.29 is 47.2 Å². The normalized spacial score (nSPS) is 23.5. The zero-order chi connectivity index (χ0) is 32.8. The molecule has 5 rings (SSSR count). The van der Waals surface area contributed by atoms with Crippen molar-refractivity contribution >= 4 is 42.6 Å². The minimum atomic E-state index is -3.66. The number of unbranched alkanes of at least 4 members (excludes halogenated alkanes) is 1. The lowest BCUT2D eigenvalue weighted by molar-refractivity contribution is -0.169. The molecule has 3 aliphatic rings. The van der Waals surface area contributed by atoms with Crippen LogP contribution in [-0.4, -0.2) is 85.1 Å². The molecule has 2 fully saturated rings. The summed E-state index contributed by atoms with van der Waals surface area (Å²) in [6.45, 7) is 0.422. The molecule has 2 bridgehead atoms. The van der Waals surface area contributed by atoms with E-state index in [1.165, 1.54) is 19.2 Å². The highest BCUT2D eigenvalue weighted by Crippen LogP contribution is 2.52. The molecule has 3 amide bonds. The van der Waals surface area contributed by atoms with Crippen LogP contribution in [0.5, 0.6) is 0 Å². The fraction of sp³-hybridized carbons (Fsp3) is 0.469. The maximum atomic E-state index is 13.7. The first kappa shape index (κ1) is 33.5. The van der Waals surface area contributed by atoms with Gasteiger partial charge in [0.1, 0.15) is 0 Å². The second-order valence-electron chi connectivity index (χ2n) is 11.5. The fourth-order valence-corrected chi connectivity index (χ4v) is 7.79. The molecule has 13 nitrogen and oxygen atoms in total. The Hall–Kier alpha value is -3.90. The predicted molar refractivity (Wildman–Crippen MR) is 164 cm³/mol. The minimum Gasteiger partial charge on any atom is -0.465 e. The van der Waals surface area contributed by atoms with E-state index in [0.717, 1.165) is 12.8 Å². The van der Waals surface area contributed by atoms with Crippen LogP contribution in [0, 0.1) is 5.92 Å². The van der Waals surface area contributed by atoms with Crippen LogP contribution in [0.15, 0.2) is 54.6 Å². The largest absolute Gasteiger partial charge is 0.465 e. The third-order valence-corrected chi connectivity index (χ3v) is 10.7. The number of hydrogen-bond donors (Lipinski definition) is 1. The van der Waals surface area contributed by atoms with E-state index in [-0.39, 0.29) is 42.7 Å². The minimum absolute atomic E-state index is 0.0969. The SMILES string of the molecule is CO[P@](=O)(O[C@H]1CC2CCC([C@H]1C(=O)OCCCCNC(=O)CCC(=O)ON1C(=O)c3ccccc3C1=O)N2C)c1ccccc1. The van der Waals surface area contributed by atoms with E-state index in [4.69, 9.17) is 18.6 Å². The highest BCUT2D eigenvalue weighted by Gasteiger charge is 2.52. The second kappa shape index (κ2) is 14.7. The first-order valence-electron chi connectivity index (χ1n) is 15.4. The Morgan fingerprint density at radius 2 is 1.61 bits per heavy atom. The van der Waals surface area contributed by atoms with Crippen molar-refractivity contribution in [3.63, 3.8) is 0 Å². The zero-order valence-electron chi connectivity index (χ0n) is 25.8. The van der Waals surface area contributed by atoms with Crippen molar-refractivity contribution in [2.75, 3.05) is 27.3 Å². The first-order chi connectivity index (χ1) is 22.1. The van der Waals surface area contributed by atoms with Crippen molar-refractivity contribution in [2.45, 2.75) is 63.1 Å². The molecular formula is C32H38N3O10P. The molecule has 1 N–H and O–H groups in total. The number of nitrogens with one attached hydrogen (secondary N) is 1. The van der Waals surface area contributed by atoms with E-state index in [9.17, 15) is 28.5 Å². The number of rotatable bonds is 14. The Morgan fingerprint density at radius 1 is 0.935 bits per heavy atom. The maximum Gasteiger partial charge on any atom is 0.361 e. The van der Waals surface area contributed by atoms with Gasteiger partial charge in [-0.3, -0.25) is 28.6 Å². The van der Waals surface area contributed by atoms with Crippen molar-refractivity contribution in [1.29, 1.82) is 0 Å². The van der Waals surface area contributed by atoms with E-state index >= 15 is 0 Å². The Kier molecular flexibility index (Phi) is 10.7. The Balaban J connectivity index is 1.03. The number of hydrogen-bond acceptors (Lipinski definition) is 11. The van der Waals surface area contributed by atoms with Crippen LogP contribution in [0.4, 0.5) is 0 Å². The summed E-state index contributed by atoms with van der Waals surface area (Å²) in [5, 5.41) is 3.53. The van der Waals surface area contributed by atoms with Gasteiger partial charge in [-0.1, -0.05) is 35.4 Å². The summed E-state index contributed by atoms with van der Waals surface area (Å²) in [6, 6.07) is 14.9. The molecule has 2 aromatic rings. The molecule has 0 aliphatic carbocycles. The number of esters is 1. The summed E-state index contributed by atoms with van der Waals surface area (Å²) in [5.74, 6) is -3.79. The third-order valence-electron chi connectivity index (χ3n) is 8.72. The smallest absolute Gasteiger partial charge is 0.361 e. The number of hydroxylamine groups is 2. The number of benzene rings is 2. The molecule has 2 aromatic carbocycles. The molecule has 2 saturated heterocycles. The van der Waals surface area contributed by atoms with Crippen LogP contribution in [0.25, 0.3) is 0 Å². The van der Waals surface area contributed by atoms with Crippen molar-refractivity contribution in [1.82, 2.24) is 15.3 Å². The topological polar surface area (TPSA) is 158 Å². The molecule has 0 spiro atoms. The van der Waals surface area contributed by atoms with Gasteiger partial charge in [-0.2, -0.15) is 0 Å². The number of ether oxygens (including phenoxy) is 1. The van der Waals surface area contributed by atoms with E-state index in [1.54, 1.807) is 36.4 Å². The van der Waals surface area contributed by atoms with Gasteiger partial charge < -0.3 is 23.9 Å². The first-order valence-corrected chi connectivity index (χ1v) is 16.9. The molecule has 3 aliphatic heterocycles. The fourth-order valence-electron chi connectivity index (χ4n) is 6.26. The molecule has 0 aromatic heterocycles. The van der Waals surface area contributed by atoms with Gasteiger partial charge in [0.05, 0.1) is 41.5 Å². The number of piperidine rings is 1. The van der Waals surface area contributed by atoms with Crippen LogP contribution < -0.4 is 10.6 Å². The highest BCUT2D eigenvalue weighted by molar-refractivity contribution is 7.62. The Labute approximate surface area is 267 Å². The third kappa shape index (κ3) is 7.23. The number of nitrogens with zero attached hydrogens (tertiary/aromatic N) is 2. The monoisotopic (exact) mass is 655 g/mol.